The average Bonchev–Trinajstić information content (AvgIpc) is 3.19. The van der Waals surface area contributed by atoms with Crippen LogP contribution in [0.3, 0.4) is 0 Å². The van der Waals surface area contributed by atoms with Crippen LogP contribution in [0, 0.1) is 25.2 Å². The minimum absolute atomic E-state index is 0.0575. The van der Waals surface area contributed by atoms with E-state index in [9.17, 15) is 13.2 Å². The van der Waals surface area contributed by atoms with E-state index in [1.165, 1.54) is 12.1 Å². The maximum Gasteiger partial charge on any atom is 0.254 e. The second-order valence-corrected chi connectivity index (χ2v) is 6.97. The number of carbonyl (C=O) groups excluding carboxylic acids is 1. The zero-order chi connectivity index (χ0) is 15.6. The van der Waals surface area contributed by atoms with Crippen LogP contribution in [0.1, 0.15) is 28.8 Å². The molecule has 112 valence electrons. The number of nitrogens with zero attached hydrogens (tertiary/aromatic N) is 1. The SMILES string of the molecule is C#CCN(CC1CC1)C(=O)c1cc(C)cc(S(N)(=O)=O)c1. The summed E-state index contributed by atoms with van der Waals surface area (Å²) in [5, 5.41) is 5.14. The Hall–Kier alpha value is -1.84. The van der Waals surface area contributed by atoms with E-state index in [4.69, 9.17) is 11.6 Å². The number of hydrogen-bond acceptors (Lipinski definition) is 3. The molecule has 1 saturated carbocycles. The van der Waals surface area contributed by atoms with Crippen LogP contribution < -0.4 is 5.14 Å². The number of hydrogen-bond donors (Lipinski definition) is 1. The molecule has 1 fully saturated rings. The molecule has 2 N–H and O–H groups in total. The smallest absolute Gasteiger partial charge is 0.254 e. The number of nitrogens with two attached hydrogens (primary N) is 1. The fourth-order valence-corrected chi connectivity index (χ4v) is 2.80. The Morgan fingerprint density at radius 1 is 1.43 bits per heavy atom. The molecule has 1 amide bonds. The summed E-state index contributed by atoms with van der Waals surface area (Å²) in [5.41, 5.74) is 0.965. The summed E-state index contributed by atoms with van der Waals surface area (Å²) in [6.45, 7) is 2.55. The van der Waals surface area contributed by atoms with Gasteiger partial charge in [-0.05, 0) is 49.4 Å². The molecule has 1 aliphatic carbocycles. The van der Waals surface area contributed by atoms with E-state index >= 15 is 0 Å². The first-order valence-corrected chi connectivity index (χ1v) is 8.23. The topological polar surface area (TPSA) is 80.5 Å². The predicted octanol–water partition coefficient (Wildman–Crippen LogP) is 1.13. The highest BCUT2D eigenvalue weighted by molar-refractivity contribution is 7.89. The van der Waals surface area contributed by atoms with Crippen LogP contribution in [0.25, 0.3) is 0 Å². The lowest BCUT2D eigenvalue weighted by Crippen LogP contribution is -2.33. The van der Waals surface area contributed by atoms with Gasteiger partial charge in [-0.3, -0.25) is 4.79 Å². The molecule has 5 nitrogen and oxygen atoms in total. The maximum absolute atomic E-state index is 12.5. The fraction of sp³-hybridized carbons (Fsp3) is 0.400. The van der Waals surface area contributed by atoms with E-state index in [0.29, 0.717) is 23.6 Å². The molecule has 0 aromatic heterocycles. The van der Waals surface area contributed by atoms with Gasteiger partial charge in [0.25, 0.3) is 5.91 Å². The van der Waals surface area contributed by atoms with Gasteiger partial charge in [-0.1, -0.05) is 5.92 Å². The van der Waals surface area contributed by atoms with Gasteiger partial charge in [-0.25, -0.2) is 13.6 Å². The summed E-state index contributed by atoms with van der Waals surface area (Å²) < 4.78 is 22.9. The number of rotatable bonds is 5. The molecule has 0 saturated heterocycles. The molecule has 1 aromatic carbocycles. The molecule has 0 heterocycles. The summed E-state index contributed by atoms with van der Waals surface area (Å²) in [6.07, 6.45) is 7.51. The van der Waals surface area contributed by atoms with E-state index < -0.39 is 10.0 Å². The van der Waals surface area contributed by atoms with Gasteiger partial charge >= 0.3 is 0 Å². The quantitative estimate of drug-likeness (QED) is 0.828. The van der Waals surface area contributed by atoms with Gasteiger partial charge < -0.3 is 4.90 Å². The Balaban J connectivity index is 2.32. The summed E-state index contributed by atoms with van der Waals surface area (Å²) in [6, 6.07) is 4.40. The van der Waals surface area contributed by atoms with Gasteiger partial charge in [0.2, 0.25) is 10.0 Å². The fourth-order valence-electron chi connectivity index (χ4n) is 2.16. The third kappa shape index (κ3) is 4.06. The van der Waals surface area contributed by atoms with Crippen molar-refractivity contribution in [2.75, 3.05) is 13.1 Å². The minimum atomic E-state index is -3.84. The van der Waals surface area contributed by atoms with Gasteiger partial charge in [-0.2, -0.15) is 0 Å². The second kappa shape index (κ2) is 5.88. The van der Waals surface area contributed by atoms with Crippen molar-refractivity contribution in [1.82, 2.24) is 4.90 Å². The molecule has 0 atom stereocenters. The molecular weight excluding hydrogens is 288 g/mol. The standard InChI is InChI=1S/C15H18N2O3S/c1-3-6-17(10-12-4-5-12)15(18)13-7-11(2)8-14(9-13)21(16,19)20/h1,7-9,12H,4-6,10H2,2H3,(H2,16,19,20). The minimum Gasteiger partial charge on any atom is -0.327 e. The Bertz CT molecular complexity index is 700. The first-order valence-electron chi connectivity index (χ1n) is 6.68. The van der Waals surface area contributed by atoms with Crippen molar-refractivity contribution in [3.8, 4) is 12.3 Å². The Kier molecular flexibility index (Phi) is 4.35. The molecule has 0 bridgehead atoms. The molecule has 21 heavy (non-hydrogen) atoms. The van der Waals surface area contributed by atoms with Crippen molar-refractivity contribution in [2.45, 2.75) is 24.7 Å². The van der Waals surface area contributed by atoms with Crippen LogP contribution in [0.5, 0.6) is 0 Å². The lowest BCUT2D eigenvalue weighted by molar-refractivity contribution is 0.0769. The molecule has 0 spiro atoms. The highest BCUT2D eigenvalue weighted by Crippen LogP contribution is 2.30. The number of amides is 1. The van der Waals surface area contributed by atoms with E-state index in [-0.39, 0.29) is 17.3 Å². The van der Waals surface area contributed by atoms with Gasteiger partial charge in [-0.15, -0.1) is 6.42 Å². The number of benzene rings is 1. The van der Waals surface area contributed by atoms with Crippen LogP contribution >= 0.6 is 0 Å². The number of carbonyl (C=O) groups is 1. The Morgan fingerprint density at radius 3 is 2.62 bits per heavy atom. The molecule has 1 aromatic rings. The van der Waals surface area contributed by atoms with Crippen LogP contribution in [0.15, 0.2) is 23.1 Å². The van der Waals surface area contributed by atoms with Crippen LogP contribution in [-0.2, 0) is 10.0 Å². The Labute approximate surface area is 125 Å². The Morgan fingerprint density at radius 2 is 2.10 bits per heavy atom. The highest BCUT2D eigenvalue weighted by atomic mass is 32.2. The van der Waals surface area contributed by atoms with Crippen molar-refractivity contribution in [1.29, 1.82) is 0 Å². The van der Waals surface area contributed by atoms with Crippen molar-refractivity contribution < 1.29 is 13.2 Å². The first kappa shape index (κ1) is 15.5. The normalized spacial score (nSPS) is 14.5. The zero-order valence-corrected chi connectivity index (χ0v) is 12.7. The second-order valence-electron chi connectivity index (χ2n) is 5.41. The third-order valence-electron chi connectivity index (χ3n) is 3.37. The number of sulfonamides is 1. The zero-order valence-electron chi connectivity index (χ0n) is 11.9. The molecular formula is C15H18N2O3S. The monoisotopic (exact) mass is 306 g/mol. The molecule has 1 aliphatic rings. The van der Waals surface area contributed by atoms with Crippen molar-refractivity contribution in [3.63, 3.8) is 0 Å². The number of primary sulfonamides is 1. The van der Waals surface area contributed by atoms with Gasteiger partial charge in [0.05, 0.1) is 11.4 Å². The van der Waals surface area contributed by atoms with Gasteiger partial charge in [0.15, 0.2) is 0 Å². The maximum atomic E-state index is 12.5. The van der Waals surface area contributed by atoms with Crippen molar-refractivity contribution >= 4 is 15.9 Å². The third-order valence-corrected chi connectivity index (χ3v) is 4.26. The van der Waals surface area contributed by atoms with Crippen LogP contribution in [0.4, 0.5) is 0 Å². The largest absolute Gasteiger partial charge is 0.327 e. The van der Waals surface area contributed by atoms with Gasteiger partial charge in [0, 0.05) is 12.1 Å². The van der Waals surface area contributed by atoms with E-state index in [2.05, 4.69) is 5.92 Å². The number of terminal acetylenes is 1. The first-order chi connectivity index (χ1) is 9.81. The average molecular weight is 306 g/mol. The van der Waals surface area contributed by atoms with Crippen molar-refractivity contribution in [3.05, 3.63) is 29.3 Å². The molecule has 6 heteroatoms. The van der Waals surface area contributed by atoms with E-state index in [0.717, 1.165) is 12.8 Å². The highest BCUT2D eigenvalue weighted by Gasteiger charge is 2.27. The van der Waals surface area contributed by atoms with E-state index in [1.54, 1.807) is 17.9 Å². The summed E-state index contributed by atoms with van der Waals surface area (Å²) in [7, 11) is -3.84. The summed E-state index contributed by atoms with van der Waals surface area (Å²) in [5.74, 6) is 2.72. The molecule has 0 unspecified atom stereocenters. The lowest BCUT2D eigenvalue weighted by Gasteiger charge is -2.20. The molecule has 2 rings (SSSR count). The molecule has 0 aliphatic heterocycles. The molecule has 0 radical (unpaired) electrons. The predicted molar refractivity (Wildman–Crippen MR) is 80.0 cm³/mol. The van der Waals surface area contributed by atoms with Crippen LogP contribution in [-0.4, -0.2) is 32.3 Å². The van der Waals surface area contributed by atoms with Crippen LogP contribution in [0.2, 0.25) is 0 Å². The summed E-state index contributed by atoms with van der Waals surface area (Å²) in [4.78, 5) is 14.0. The summed E-state index contributed by atoms with van der Waals surface area (Å²) >= 11 is 0. The lowest BCUT2D eigenvalue weighted by atomic mass is 10.1. The number of aryl methyl sites for hydroxylation is 1. The van der Waals surface area contributed by atoms with E-state index in [1.807, 2.05) is 0 Å². The van der Waals surface area contributed by atoms with Gasteiger partial charge in [0.1, 0.15) is 0 Å². The van der Waals surface area contributed by atoms with Crippen molar-refractivity contribution in [2.24, 2.45) is 11.1 Å².